The minimum Gasteiger partial charge on any atom is -0.348 e. The summed E-state index contributed by atoms with van der Waals surface area (Å²) in [6, 6.07) is 14.8. The second-order valence-electron chi connectivity index (χ2n) is 4.64. The van der Waals surface area contributed by atoms with Crippen molar-refractivity contribution in [3.8, 4) is 0 Å². The van der Waals surface area contributed by atoms with E-state index in [1.165, 1.54) is 5.56 Å². The Morgan fingerprint density at radius 1 is 1.14 bits per heavy atom. The van der Waals surface area contributed by atoms with Crippen LogP contribution >= 0.6 is 39.1 Å². The number of carbonyl (C=O) groups excluding carboxylic acids is 1. The molecule has 0 spiro atoms. The molecule has 2 aromatic carbocycles. The van der Waals surface area contributed by atoms with Crippen molar-refractivity contribution in [2.24, 2.45) is 0 Å². The number of nitrogens with one attached hydrogen (secondary N) is 1. The number of hydrogen-bond donors (Lipinski definition) is 1. The van der Waals surface area contributed by atoms with Crippen LogP contribution in [-0.4, -0.2) is 17.3 Å². The number of amides is 1. The second kappa shape index (κ2) is 7.83. The standard InChI is InChI=1S/C16H14BrCl2NO/c17-10-13(8-11-4-2-1-3-5-11)20-16(21)14-9-12(18)6-7-15(14)19/h1-7,9,13H,8,10H2,(H,20,21). The van der Waals surface area contributed by atoms with Gasteiger partial charge in [-0.15, -0.1) is 0 Å². The minimum absolute atomic E-state index is 0.0186. The van der Waals surface area contributed by atoms with Crippen LogP contribution in [0.1, 0.15) is 15.9 Å². The molecule has 0 aromatic heterocycles. The molecule has 2 aromatic rings. The Hall–Kier alpha value is -1.03. The summed E-state index contributed by atoms with van der Waals surface area (Å²) >= 11 is 15.4. The highest BCUT2D eigenvalue weighted by Gasteiger charge is 2.16. The summed E-state index contributed by atoms with van der Waals surface area (Å²) in [4.78, 5) is 12.3. The van der Waals surface area contributed by atoms with Crippen molar-refractivity contribution in [3.63, 3.8) is 0 Å². The van der Waals surface area contributed by atoms with Gasteiger partial charge in [0.15, 0.2) is 0 Å². The van der Waals surface area contributed by atoms with Crippen LogP contribution in [0, 0.1) is 0 Å². The molecule has 0 heterocycles. The van der Waals surface area contributed by atoms with Crippen LogP contribution in [0.25, 0.3) is 0 Å². The Morgan fingerprint density at radius 3 is 2.52 bits per heavy atom. The predicted octanol–water partition coefficient (Wildman–Crippen LogP) is 4.73. The minimum atomic E-state index is -0.220. The van der Waals surface area contributed by atoms with Gasteiger partial charge in [0.25, 0.3) is 5.91 Å². The average molecular weight is 387 g/mol. The number of carbonyl (C=O) groups is 1. The molecule has 0 aliphatic carbocycles. The molecule has 0 aliphatic rings. The Morgan fingerprint density at radius 2 is 1.86 bits per heavy atom. The smallest absolute Gasteiger partial charge is 0.253 e. The van der Waals surface area contributed by atoms with E-state index in [-0.39, 0.29) is 11.9 Å². The SMILES string of the molecule is O=C(NC(CBr)Cc1ccccc1)c1cc(Cl)ccc1Cl. The molecule has 0 radical (unpaired) electrons. The fraction of sp³-hybridized carbons (Fsp3) is 0.188. The molecule has 0 fully saturated rings. The van der Waals surface area contributed by atoms with Crippen molar-refractivity contribution in [3.05, 3.63) is 69.7 Å². The first-order valence-corrected chi connectivity index (χ1v) is 8.33. The monoisotopic (exact) mass is 385 g/mol. The van der Waals surface area contributed by atoms with Gasteiger partial charge in [0.1, 0.15) is 0 Å². The fourth-order valence-electron chi connectivity index (χ4n) is 1.98. The normalized spacial score (nSPS) is 12.0. The van der Waals surface area contributed by atoms with E-state index in [0.717, 1.165) is 6.42 Å². The first kappa shape index (κ1) is 16.3. The van der Waals surface area contributed by atoms with Gasteiger partial charge in [0.05, 0.1) is 10.6 Å². The third-order valence-corrected chi connectivity index (χ3v) is 4.37. The topological polar surface area (TPSA) is 29.1 Å². The molecule has 1 unspecified atom stereocenters. The number of halogens is 3. The molecule has 5 heteroatoms. The molecule has 0 aliphatic heterocycles. The lowest BCUT2D eigenvalue weighted by Gasteiger charge is -2.17. The first-order valence-electron chi connectivity index (χ1n) is 6.46. The summed E-state index contributed by atoms with van der Waals surface area (Å²) in [7, 11) is 0. The predicted molar refractivity (Wildman–Crippen MR) is 91.7 cm³/mol. The zero-order valence-corrected chi connectivity index (χ0v) is 14.3. The lowest BCUT2D eigenvalue weighted by molar-refractivity contribution is 0.0941. The molecule has 0 saturated heterocycles. The molecular weight excluding hydrogens is 373 g/mol. The molecule has 1 atom stereocenters. The number of benzene rings is 2. The maximum absolute atomic E-state index is 12.3. The van der Waals surface area contributed by atoms with E-state index in [2.05, 4.69) is 21.2 Å². The highest BCUT2D eigenvalue weighted by molar-refractivity contribution is 9.09. The van der Waals surface area contributed by atoms with Crippen LogP contribution in [0.2, 0.25) is 10.0 Å². The Kier molecular flexibility index (Phi) is 6.09. The van der Waals surface area contributed by atoms with Crippen LogP contribution in [0.15, 0.2) is 48.5 Å². The van der Waals surface area contributed by atoms with E-state index < -0.39 is 0 Å². The molecular formula is C16H14BrCl2NO. The van der Waals surface area contributed by atoms with Gasteiger partial charge < -0.3 is 5.32 Å². The summed E-state index contributed by atoms with van der Waals surface area (Å²) in [6.45, 7) is 0. The Balaban J connectivity index is 2.07. The summed E-state index contributed by atoms with van der Waals surface area (Å²) in [5.41, 5.74) is 1.56. The van der Waals surface area contributed by atoms with E-state index in [9.17, 15) is 4.79 Å². The van der Waals surface area contributed by atoms with Gasteiger partial charge in [-0.3, -0.25) is 4.79 Å². The van der Waals surface area contributed by atoms with Crippen molar-refractivity contribution < 1.29 is 4.79 Å². The highest BCUT2D eigenvalue weighted by Crippen LogP contribution is 2.20. The van der Waals surface area contributed by atoms with E-state index in [1.54, 1.807) is 18.2 Å². The van der Waals surface area contributed by atoms with Crippen molar-refractivity contribution >= 4 is 45.0 Å². The van der Waals surface area contributed by atoms with Gasteiger partial charge in [-0.25, -0.2) is 0 Å². The summed E-state index contributed by atoms with van der Waals surface area (Å²) in [6.07, 6.45) is 0.746. The van der Waals surface area contributed by atoms with Crippen LogP contribution in [0.5, 0.6) is 0 Å². The zero-order chi connectivity index (χ0) is 15.2. The number of alkyl halides is 1. The maximum Gasteiger partial charge on any atom is 0.253 e. The van der Waals surface area contributed by atoms with Gasteiger partial charge in [-0.1, -0.05) is 69.5 Å². The van der Waals surface area contributed by atoms with Crippen molar-refractivity contribution in [2.75, 3.05) is 5.33 Å². The first-order chi connectivity index (χ1) is 10.1. The molecule has 0 saturated carbocycles. The van der Waals surface area contributed by atoms with Gasteiger partial charge in [0, 0.05) is 16.4 Å². The third-order valence-electron chi connectivity index (χ3n) is 3.02. The lowest BCUT2D eigenvalue weighted by Crippen LogP contribution is -2.37. The van der Waals surface area contributed by atoms with Crippen LogP contribution in [0.3, 0.4) is 0 Å². The molecule has 1 amide bonds. The van der Waals surface area contributed by atoms with Gasteiger partial charge in [-0.2, -0.15) is 0 Å². The van der Waals surface area contributed by atoms with Crippen LogP contribution in [0.4, 0.5) is 0 Å². The van der Waals surface area contributed by atoms with Crippen LogP contribution in [-0.2, 0) is 6.42 Å². The third kappa shape index (κ3) is 4.73. The average Bonchev–Trinajstić information content (AvgIpc) is 2.50. The van der Waals surface area contributed by atoms with Gasteiger partial charge in [0.2, 0.25) is 0 Å². The summed E-state index contributed by atoms with van der Waals surface area (Å²) < 4.78 is 0. The van der Waals surface area contributed by atoms with E-state index >= 15 is 0 Å². The van der Waals surface area contributed by atoms with E-state index in [1.807, 2.05) is 30.3 Å². The second-order valence-corrected chi connectivity index (χ2v) is 6.13. The molecule has 2 nitrogen and oxygen atoms in total. The maximum atomic E-state index is 12.3. The molecule has 110 valence electrons. The zero-order valence-electron chi connectivity index (χ0n) is 11.2. The van der Waals surface area contributed by atoms with Crippen LogP contribution < -0.4 is 5.32 Å². The fourth-order valence-corrected chi connectivity index (χ4v) is 2.74. The molecule has 21 heavy (non-hydrogen) atoms. The van der Waals surface area contributed by atoms with Gasteiger partial charge in [-0.05, 0) is 30.2 Å². The van der Waals surface area contributed by atoms with Crippen molar-refractivity contribution in [1.82, 2.24) is 5.32 Å². The number of hydrogen-bond acceptors (Lipinski definition) is 1. The van der Waals surface area contributed by atoms with E-state index in [4.69, 9.17) is 23.2 Å². The molecule has 2 rings (SSSR count). The summed E-state index contributed by atoms with van der Waals surface area (Å²) in [5, 5.41) is 4.51. The Labute approximate surface area is 142 Å². The van der Waals surface area contributed by atoms with Crippen molar-refractivity contribution in [1.29, 1.82) is 0 Å². The largest absolute Gasteiger partial charge is 0.348 e. The Bertz CT molecular complexity index is 619. The quantitative estimate of drug-likeness (QED) is 0.739. The molecule has 0 bridgehead atoms. The lowest BCUT2D eigenvalue weighted by atomic mass is 10.1. The van der Waals surface area contributed by atoms with Crippen molar-refractivity contribution in [2.45, 2.75) is 12.5 Å². The van der Waals surface area contributed by atoms with Gasteiger partial charge >= 0.3 is 0 Å². The van der Waals surface area contributed by atoms with E-state index in [0.29, 0.717) is 20.9 Å². The highest BCUT2D eigenvalue weighted by atomic mass is 79.9. The summed E-state index contributed by atoms with van der Waals surface area (Å²) in [5.74, 6) is -0.220. The molecule has 1 N–H and O–H groups in total. The number of rotatable bonds is 5.